The summed E-state index contributed by atoms with van der Waals surface area (Å²) in [5.41, 5.74) is 1.82. The predicted octanol–water partition coefficient (Wildman–Crippen LogP) is 4.71. The molecule has 236 valence electrons. The van der Waals surface area contributed by atoms with Gasteiger partial charge in [-0.25, -0.2) is 19.1 Å². The molecule has 2 unspecified atom stereocenters. The van der Waals surface area contributed by atoms with Gasteiger partial charge in [0.1, 0.15) is 36.1 Å². The molecule has 0 radical (unpaired) electrons. The Hall–Kier alpha value is -5.26. The molecule has 4 atom stereocenters. The second-order valence-corrected chi connectivity index (χ2v) is 11.2. The van der Waals surface area contributed by atoms with Crippen molar-refractivity contribution in [2.24, 2.45) is 0 Å². The van der Waals surface area contributed by atoms with E-state index in [0.717, 1.165) is 22.3 Å². The number of nitrogens with zero attached hydrogens (tertiary/aromatic N) is 3. The number of carbonyl (C=O) groups excluding carboxylic acids is 1. The van der Waals surface area contributed by atoms with Crippen LogP contribution in [0.25, 0.3) is 0 Å². The molecule has 3 aromatic carbocycles. The third kappa shape index (κ3) is 6.02. The fraction of sp³-hybridized carbons (Fsp3) is 0.257. The summed E-state index contributed by atoms with van der Waals surface area (Å²) >= 11 is 0. The zero-order valence-corrected chi connectivity index (χ0v) is 25.7. The zero-order valence-electron chi connectivity index (χ0n) is 25.7. The number of hydrogen-bond acceptors (Lipinski definition) is 8. The second kappa shape index (κ2) is 13.0. The van der Waals surface area contributed by atoms with Gasteiger partial charge in [0, 0.05) is 30.6 Å². The Balaban J connectivity index is 1.41. The van der Waals surface area contributed by atoms with E-state index in [1.807, 2.05) is 85.8 Å². The molecular weight excluding hydrogens is 588 g/mol. The number of nitrogens with one attached hydrogen (secondary N) is 1. The Bertz CT molecular complexity index is 1900. The van der Waals surface area contributed by atoms with Gasteiger partial charge in [-0.2, -0.15) is 0 Å². The standard InChI is InChI=1S/C35H34N4O7/c1-23-9-11-26(12-10-23)35(25-7-5-4-6-8-25,27-13-15-28(43-3)16-14-27)44-21-30-29(46-34(42)38-18-17-36-22-38)19-31(45-30)39-20-24(2)32(40)37-33(39)41/h4-18,20,22,29-31H,19,21H2,1-3H3,(H,37,40,41)/t29?,30-,31-,35?/m1/s1. The summed E-state index contributed by atoms with van der Waals surface area (Å²) in [5, 5.41) is 0. The maximum Gasteiger partial charge on any atom is 0.419 e. The number of ether oxygens (including phenoxy) is 4. The molecule has 11 nitrogen and oxygen atoms in total. The van der Waals surface area contributed by atoms with Gasteiger partial charge >= 0.3 is 11.8 Å². The molecule has 1 saturated heterocycles. The van der Waals surface area contributed by atoms with E-state index in [-0.39, 0.29) is 13.0 Å². The number of imidazole rings is 1. The number of aromatic nitrogens is 4. The maximum absolute atomic E-state index is 13.1. The van der Waals surface area contributed by atoms with E-state index in [1.165, 1.54) is 34.1 Å². The molecule has 0 bridgehead atoms. The molecule has 0 saturated carbocycles. The second-order valence-electron chi connectivity index (χ2n) is 11.2. The third-order valence-corrected chi connectivity index (χ3v) is 8.20. The van der Waals surface area contributed by atoms with E-state index in [1.54, 1.807) is 14.0 Å². The number of hydrogen-bond donors (Lipinski definition) is 1. The summed E-state index contributed by atoms with van der Waals surface area (Å²) in [6.45, 7) is 3.60. The normalized spacial score (nSPS) is 19.0. The van der Waals surface area contributed by atoms with Gasteiger partial charge in [-0.15, -0.1) is 0 Å². The summed E-state index contributed by atoms with van der Waals surface area (Å²) in [5.74, 6) is 0.699. The van der Waals surface area contributed by atoms with Crippen LogP contribution in [0.2, 0.25) is 0 Å². The molecule has 2 aromatic heterocycles. The molecular formula is C35H34N4O7. The summed E-state index contributed by atoms with van der Waals surface area (Å²) in [7, 11) is 1.62. The Morgan fingerprint density at radius 2 is 1.65 bits per heavy atom. The average molecular weight is 623 g/mol. The highest BCUT2D eigenvalue weighted by Gasteiger charge is 2.44. The lowest BCUT2D eigenvalue weighted by molar-refractivity contribution is -0.0953. The first kappa shape index (κ1) is 30.8. The molecule has 46 heavy (non-hydrogen) atoms. The molecule has 1 aliphatic rings. The average Bonchev–Trinajstić information content (AvgIpc) is 3.76. The summed E-state index contributed by atoms with van der Waals surface area (Å²) in [4.78, 5) is 44.2. The zero-order chi connectivity index (χ0) is 32.3. The minimum Gasteiger partial charge on any atom is -0.497 e. The van der Waals surface area contributed by atoms with Crippen LogP contribution in [-0.4, -0.2) is 51.1 Å². The van der Waals surface area contributed by atoms with E-state index in [9.17, 15) is 14.4 Å². The molecule has 0 amide bonds. The maximum atomic E-state index is 13.1. The van der Waals surface area contributed by atoms with Gasteiger partial charge < -0.3 is 18.9 Å². The number of carbonyl (C=O) groups is 1. The smallest absolute Gasteiger partial charge is 0.419 e. The van der Waals surface area contributed by atoms with Crippen molar-refractivity contribution in [2.75, 3.05) is 13.7 Å². The minimum atomic E-state index is -1.10. The van der Waals surface area contributed by atoms with E-state index in [0.29, 0.717) is 11.3 Å². The Labute approximate surface area is 265 Å². The third-order valence-electron chi connectivity index (χ3n) is 8.20. The summed E-state index contributed by atoms with van der Waals surface area (Å²) < 4.78 is 27.3. The number of rotatable bonds is 9. The first-order valence-corrected chi connectivity index (χ1v) is 14.9. The summed E-state index contributed by atoms with van der Waals surface area (Å²) in [6, 6.07) is 25.7. The van der Waals surface area contributed by atoms with Crippen LogP contribution in [-0.2, 0) is 19.8 Å². The fourth-order valence-electron chi connectivity index (χ4n) is 5.75. The lowest BCUT2D eigenvalue weighted by Gasteiger charge is -2.37. The van der Waals surface area contributed by atoms with Crippen molar-refractivity contribution in [1.29, 1.82) is 0 Å². The van der Waals surface area contributed by atoms with Crippen molar-refractivity contribution in [3.8, 4) is 5.75 Å². The molecule has 1 N–H and O–H groups in total. The predicted molar refractivity (Wildman–Crippen MR) is 169 cm³/mol. The topological polar surface area (TPSA) is 127 Å². The lowest BCUT2D eigenvalue weighted by Crippen LogP contribution is -2.39. The molecule has 5 aromatic rings. The van der Waals surface area contributed by atoms with Gasteiger partial charge in [0.25, 0.3) is 5.56 Å². The summed E-state index contributed by atoms with van der Waals surface area (Å²) in [6.07, 6.45) is 2.82. The Kier molecular flexibility index (Phi) is 8.69. The van der Waals surface area contributed by atoms with E-state index < -0.39 is 41.4 Å². The van der Waals surface area contributed by atoms with Crippen LogP contribution in [0.15, 0.2) is 113 Å². The molecule has 1 fully saturated rings. The van der Waals surface area contributed by atoms with Crippen molar-refractivity contribution < 1.29 is 23.7 Å². The van der Waals surface area contributed by atoms with Gasteiger partial charge in [0.2, 0.25) is 0 Å². The van der Waals surface area contributed by atoms with E-state index in [4.69, 9.17) is 18.9 Å². The number of aromatic amines is 1. The van der Waals surface area contributed by atoms with Crippen LogP contribution in [0.4, 0.5) is 4.79 Å². The van der Waals surface area contributed by atoms with Crippen molar-refractivity contribution in [3.63, 3.8) is 0 Å². The van der Waals surface area contributed by atoms with Gasteiger partial charge in [0.15, 0.2) is 0 Å². The number of methoxy groups -OCH3 is 1. The Morgan fingerprint density at radius 1 is 0.978 bits per heavy atom. The number of aryl methyl sites for hydroxylation is 2. The largest absolute Gasteiger partial charge is 0.497 e. The van der Waals surface area contributed by atoms with Crippen LogP contribution < -0.4 is 16.0 Å². The van der Waals surface area contributed by atoms with Gasteiger partial charge in [-0.1, -0.05) is 72.3 Å². The van der Waals surface area contributed by atoms with Crippen LogP contribution in [0, 0.1) is 13.8 Å². The molecule has 0 spiro atoms. The van der Waals surface area contributed by atoms with Crippen LogP contribution in [0.3, 0.4) is 0 Å². The lowest BCUT2D eigenvalue weighted by atomic mass is 9.79. The minimum absolute atomic E-state index is 0.0236. The van der Waals surface area contributed by atoms with Gasteiger partial charge in [-0.05, 0) is 42.7 Å². The van der Waals surface area contributed by atoms with E-state index >= 15 is 0 Å². The highest BCUT2D eigenvalue weighted by Crippen LogP contribution is 2.42. The highest BCUT2D eigenvalue weighted by molar-refractivity contribution is 5.70. The van der Waals surface area contributed by atoms with Crippen molar-refractivity contribution >= 4 is 6.09 Å². The molecule has 6 rings (SSSR count). The number of H-pyrrole nitrogens is 1. The fourth-order valence-corrected chi connectivity index (χ4v) is 5.75. The number of benzene rings is 3. The van der Waals surface area contributed by atoms with Crippen LogP contribution >= 0.6 is 0 Å². The highest BCUT2D eigenvalue weighted by atomic mass is 16.6. The van der Waals surface area contributed by atoms with Gasteiger partial charge in [0.05, 0.1) is 13.7 Å². The quantitative estimate of drug-likeness (QED) is 0.234. The molecule has 3 heterocycles. The van der Waals surface area contributed by atoms with Crippen molar-refractivity contribution in [1.82, 2.24) is 19.1 Å². The van der Waals surface area contributed by atoms with Crippen molar-refractivity contribution in [2.45, 2.75) is 44.3 Å². The van der Waals surface area contributed by atoms with Crippen LogP contribution in [0.1, 0.15) is 40.5 Å². The first-order valence-electron chi connectivity index (χ1n) is 14.9. The monoisotopic (exact) mass is 622 g/mol. The Morgan fingerprint density at radius 3 is 2.30 bits per heavy atom. The van der Waals surface area contributed by atoms with E-state index in [2.05, 4.69) is 9.97 Å². The first-order chi connectivity index (χ1) is 22.3. The van der Waals surface area contributed by atoms with Crippen LogP contribution in [0.5, 0.6) is 5.75 Å². The van der Waals surface area contributed by atoms with Crippen molar-refractivity contribution in [3.05, 3.63) is 152 Å². The molecule has 0 aliphatic carbocycles. The molecule has 1 aliphatic heterocycles. The molecule has 11 heteroatoms. The van der Waals surface area contributed by atoms with Gasteiger partial charge in [-0.3, -0.25) is 14.3 Å². The SMILES string of the molecule is COc1ccc(C(OC[C@H]2O[C@@H](n3cc(C)c(=O)[nH]c3=O)CC2OC(=O)n2ccnc2)(c2ccccc2)c2ccc(C)cc2)cc1.